The normalized spacial score (nSPS) is 12.5. The van der Waals surface area contributed by atoms with Crippen LogP contribution in [0.1, 0.15) is 31.9 Å². The molecule has 23 heavy (non-hydrogen) atoms. The molecular weight excluding hydrogens is 318 g/mol. The number of carboxylic acid groups (broad SMARTS) is 1. The first-order chi connectivity index (χ1) is 10.7. The molecule has 1 amide bonds. The van der Waals surface area contributed by atoms with E-state index in [-0.39, 0.29) is 12.4 Å². The molecule has 0 bridgehead atoms. The molecule has 0 spiro atoms. The Hall–Kier alpha value is -1.73. The van der Waals surface area contributed by atoms with Gasteiger partial charge in [-0.3, -0.25) is 0 Å². The molecule has 1 atom stereocenters. The predicted molar refractivity (Wildman–Crippen MR) is 89.3 cm³/mol. The number of aliphatic carboxylic acids is 1. The molecule has 0 saturated carbocycles. The van der Waals surface area contributed by atoms with Gasteiger partial charge in [-0.2, -0.15) is 11.8 Å². The number of aliphatic hydroxyl groups excluding tert-OH is 1. The maximum absolute atomic E-state index is 11.6. The Morgan fingerprint density at radius 2 is 1.78 bits per heavy atom. The number of ether oxygens (including phenoxy) is 1. The minimum atomic E-state index is -1.10. The molecule has 0 aliphatic carbocycles. The number of hydrogen-bond donors (Lipinski definition) is 3. The number of benzene rings is 1. The van der Waals surface area contributed by atoms with E-state index in [0.717, 1.165) is 11.1 Å². The number of alkyl carbamates (subject to hydrolysis) is 1. The molecule has 0 fully saturated rings. The van der Waals surface area contributed by atoms with E-state index in [9.17, 15) is 14.7 Å². The van der Waals surface area contributed by atoms with Crippen LogP contribution in [-0.4, -0.2) is 39.7 Å². The Morgan fingerprint density at radius 1 is 1.22 bits per heavy atom. The van der Waals surface area contributed by atoms with Crippen LogP contribution in [0.3, 0.4) is 0 Å². The fraction of sp³-hybridized carbons (Fsp3) is 0.500. The van der Waals surface area contributed by atoms with Crippen molar-refractivity contribution in [3.8, 4) is 0 Å². The summed E-state index contributed by atoms with van der Waals surface area (Å²) in [5, 5.41) is 20.5. The lowest BCUT2D eigenvalue weighted by molar-refractivity contribution is -0.138. The van der Waals surface area contributed by atoms with Crippen molar-refractivity contribution in [3.63, 3.8) is 0 Å². The lowest BCUT2D eigenvalue weighted by atomic mass is 10.2. The van der Waals surface area contributed by atoms with Crippen LogP contribution >= 0.6 is 11.8 Å². The Balaban J connectivity index is 2.46. The van der Waals surface area contributed by atoms with Gasteiger partial charge in [0.05, 0.1) is 6.61 Å². The van der Waals surface area contributed by atoms with Crippen molar-refractivity contribution in [1.29, 1.82) is 0 Å². The highest BCUT2D eigenvalue weighted by molar-refractivity contribution is 7.98. The van der Waals surface area contributed by atoms with Crippen LogP contribution in [0.4, 0.5) is 4.79 Å². The maximum Gasteiger partial charge on any atom is 0.408 e. The zero-order chi connectivity index (χ0) is 17.5. The number of carbonyl (C=O) groups is 2. The highest BCUT2D eigenvalue weighted by Crippen LogP contribution is 2.15. The van der Waals surface area contributed by atoms with Gasteiger partial charge in [-0.15, -0.1) is 0 Å². The van der Waals surface area contributed by atoms with E-state index < -0.39 is 23.7 Å². The summed E-state index contributed by atoms with van der Waals surface area (Å²) in [6.07, 6.45) is -0.738. The molecule has 1 rings (SSSR count). The molecule has 0 saturated heterocycles. The molecule has 3 N–H and O–H groups in total. The Bertz CT molecular complexity index is 524. The first-order valence-electron chi connectivity index (χ1n) is 7.20. The van der Waals surface area contributed by atoms with Crippen LogP contribution < -0.4 is 5.32 Å². The largest absolute Gasteiger partial charge is 0.480 e. The van der Waals surface area contributed by atoms with Crippen molar-refractivity contribution in [2.45, 2.75) is 44.8 Å². The fourth-order valence-corrected chi connectivity index (χ4v) is 2.67. The summed E-state index contributed by atoms with van der Waals surface area (Å²) >= 11 is 1.40. The number of aliphatic hydroxyl groups is 1. The number of carbonyl (C=O) groups excluding carboxylic acids is 1. The van der Waals surface area contributed by atoms with Gasteiger partial charge >= 0.3 is 12.1 Å². The minimum absolute atomic E-state index is 0.00564. The van der Waals surface area contributed by atoms with E-state index in [1.165, 1.54) is 11.8 Å². The third-order valence-corrected chi connectivity index (χ3v) is 3.85. The fourth-order valence-electron chi connectivity index (χ4n) is 1.66. The van der Waals surface area contributed by atoms with Gasteiger partial charge in [0.1, 0.15) is 11.6 Å². The number of amides is 1. The molecule has 0 aliphatic rings. The van der Waals surface area contributed by atoms with Crippen LogP contribution in [-0.2, 0) is 21.9 Å². The quantitative estimate of drug-likeness (QED) is 0.705. The average molecular weight is 341 g/mol. The molecule has 0 aliphatic heterocycles. The molecule has 0 radical (unpaired) electrons. The van der Waals surface area contributed by atoms with E-state index in [1.54, 1.807) is 20.8 Å². The van der Waals surface area contributed by atoms with Gasteiger partial charge in [0.15, 0.2) is 0 Å². The SMILES string of the molecule is CC(C)(C)OC(=O)NC(CSCc1ccc(CO)cc1)C(=O)O. The molecule has 1 aromatic carbocycles. The van der Waals surface area contributed by atoms with Crippen LogP contribution in [0, 0.1) is 0 Å². The van der Waals surface area contributed by atoms with Crippen LogP contribution in [0.25, 0.3) is 0 Å². The van der Waals surface area contributed by atoms with E-state index in [4.69, 9.17) is 9.84 Å². The summed E-state index contributed by atoms with van der Waals surface area (Å²) in [5.74, 6) is -0.249. The number of nitrogens with one attached hydrogen (secondary N) is 1. The number of rotatable bonds is 7. The second-order valence-corrected chi connectivity index (χ2v) is 7.06. The second-order valence-electron chi connectivity index (χ2n) is 6.03. The van der Waals surface area contributed by atoms with E-state index in [1.807, 2.05) is 24.3 Å². The summed E-state index contributed by atoms with van der Waals surface area (Å²) in [4.78, 5) is 22.9. The molecule has 1 unspecified atom stereocenters. The maximum atomic E-state index is 11.6. The number of hydrogen-bond acceptors (Lipinski definition) is 5. The zero-order valence-electron chi connectivity index (χ0n) is 13.5. The van der Waals surface area contributed by atoms with Gasteiger partial charge in [0, 0.05) is 11.5 Å². The van der Waals surface area contributed by atoms with Crippen LogP contribution in [0.5, 0.6) is 0 Å². The third-order valence-electron chi connectivity index (χ3n) is 2.75. The lowest BCUT2D eigenvalue weighted by Crippen LogP contribution is -2.44. The molecule has 0 heterocycles. The zero-order valence-corrected chi connectivity index (χ0v) is 14.4. The summed E-state index contributed by atoms with van der Waals surface area (Å²) in [5.41, 5.74) is 1.18. The monoisotopic (exact) mass is 341 g/mol. The van der Waals surface area contributed by atoms with Gasteiger partial charge in [-0.1, -0.05) is 24.3 Å². The van der Waals surface area contributed by atoms with Crippen LogP contribution in [0.2, 0.25) is 0 Å². The second kappa shape index (κ2) is 8.79. The smallest absolute Gasteiger partial charge is 0.408 e. The Kier molecular flexibility index (Phi) is 7.38. The first-order valence-corrected chi connectivity index (χ1v) is 8.35. The number of carboxylic acids is 1. The van der Waals surface area contributed by atoms with Gasteiger partial charge in [0.2, 0.25) is 0 Å². The molecule has 1 aromatic rings. The minimum Gasteiger partial charge on any atom is -0.480 e. The van der Waals surface area contributed by atoms with E-state index >= 15 is 0 Å². The summed E-state index contributed by atoms with van der Waals surface area (Å²) in [6, 6.07) is 6.41. The van der Waals surface area contributed by atoms with Gasteiger partial charge < -0.3 is 20.3 Å². The van der Waals surface area contributed by atoms with E-state index in [0.29, 0.717) is 5.75 Å². The van der Waals surface area contributed by atoms with Crippen molar-refractivity contribution in [2.24, 2.45) is 0 Å². The predicted octanol–water partition coefficient (Wildman–Crippen LogP) is 2.39. The van der Waals surface area contributed by atoms with Crippen molar-refractivity contribution in [1.82, 2.24) is 5.32 Å². The van der Waals surface area contributed by atoms with Crippen molar-refractivity contribution in [2.75, 3.05) is 5.75 Å². The summed E-state index contributed by atoms with van der Waals surface area (Å²) in [6.45, 7) is 5.14. The van der Waals surface area contributed by atoms with Gasteiger partial charge in [-0.25, -0.2) is 9.59 Å². The highest BCUT2D eigenvalue weighted by atomic mass is 32.2. The lowest BCUT2D eigenvalue weighted by Gasteiger charge is -2.21. The Morgan fingerprint density at radius 3 is 2.26 bits per heavy atom. The third kappa shape index (κ3) is 7.90. The molecule has 7 heteroatoms. The standard InChI is InChI=1S/C16H23NO5S/c1-16(2,3)22-15(21)17-13(14(19)20)10-23-9-12-6-4-11(8-18)5-7-12/h4-7,13,18H,8-10H2,1-3H3,(H,17,21)(H,19,20). The first kappa shape index (κ1) is 19.3. The summed E-state index contributed by atoms with van der Waals surface area (Å²) < 4.78 is 5.06. The highest BCUT2D eigenvalue weighted by Gasteiger charge is 2.23. The van der Waals surface area contributed by atoms with E-state index in [2.05, 4.69) is 5.32 Å². The average Bonchev–Trinajstić information content (AvgIpc) is 2.44. The molecule has 128 valence electrons. The van der Waals surface area contributed by atoms with Crippen molar-refractivity contribution < 1.29 is 24.5 Å². The summed E-state index contributed by atoms with van der Waals surface area (Å²) in [7, 11) is 0. The van der Waals surface area contributed by atoms with Gasteiger partial charge in [0.25, 0.3) is 0 Å². The number of thioether (sulfide) groups is 1. The van der Waals surface area contributed by atoms with Crippen molar-refractivity contribution in [3.05, 3.63) is 35.4 Å². The molecule has 0 aromatic heterocycles. The van der Waals surface area contributed by atoms with Gasteiger partial charge in [-0.05, 0) is 31.9 Å². The topological polar surface area (TPSA) is 95.9 Å². The molecular formula is C16H23NO5S. The molecule has 6 nitrogen and oxygen atoms in total. The van der Waals surface area contributed by atoms with Crippen LogP contribution in [0.15, 0.2) is 24.3 Å². The van der Waals surface area contributed by atoms with Crippen molar-refractivity contribution >= 4 is 23.8 Å². The Labute approximate surface area is 140 Å².